The number of nitrogens with one attached hydrogen (secondary N) is 1. The number of non-ortho nitro benzene ring substituents is 1. The van der Waals surface area contributed by atoms with Gasteiger partial charge in [0.15, 0.2) is 0 Å². The van der Waals surface area contributed by atoms with E-state index in [-0.39, 0.29) is 17.5 Å². The number of nitro groups is 1. The van der Waals surface area contributed by atoms with E-state index in [1.165, 1.54) is 24.3 Å². The van der Waals surface area contributed by atoms with Crippen molar-refractivity contribution in [1.29, 1.82) is 0 Å². The molecular weight excluding hydrogens is 252 g/mol. The Balaban J connectivity index is 1.85. The van der Waals surface area contributed by atoms with Gasteiger partial charge in [0, 0.05) is 12.1 Å². The van der Waals surface area contributed by atoms with Gasteiger partial charge >= 0.3 is 6.16 Å². The molecular formula is C12H14N2O5. The van der Waals surface area contributed by atoms with Crippen LogP contribution in [0.1, 0.15) is 12.8 Å². The standard InChI is InChI=1S/C12H14N2O5/c15-12(19-11-5-7-13-8-6-11)18-10-3-1-9(2-4-10)14(16)17/h1-4,11,13H,5-8H2. The molecule has 7 nitrogen and oxygen atoms in total. The monoisotopic (exact) mass is 266 g/mol. The van der Waals surface area contributed by atoms with Crippen LogP contribution in [0.5, 0.6) is 5.75 Å². The van der Waals surface area contributed by atoms with Crippen LogP contribution >= 0.6 is 0 Å². The maximum atomic E-state index is 11.5. The lowest BCUT2D eigenvalue weighted by molar-refractivity contribution is -0.384. The van der Waals surface area contributed by atoms with Crippen LogP contribution in [0.25, 0.3) is 0 Å². The number of ether oxygens (including phenoxy) is 2. The molecule has 0 saturated carbocycles. The second-order valence-corrected chi connectivity index (χ2v) is 4.17. The van der Waals surface area contributed by atoms with E-state index >= 15 is 0 Å². The molecule has 7 heteroatoms. The van der Waals surface area contributed by atoms with E-state index < -0.39 is 11.1 Å². The fraction of sp³-hybridized carbons (Fsp3) is 0.417. The second-order valence-electron chi connectivity index (χ2n) is 4.17. The molecule has 0 bridgehead atoms. The number of carbonyl (C=O) groups excluding carboxylic acids is 1. The predicted octanol–water partition coefficient (Wildman–Crippen LogP) is 1.86. The average molecular weight is 266 g/mol. The first-order valence-corrected chi connectivity index (χ1v) is 5.99. The fourth-order valence-electron chi connectivity index (χ4n) is 1.81. The predicted molar refractivity (Wildman–Crippen MR) is 66.1 cm³/mol. The van der Waals surface area contributed by atoms with Gasteiger partial charge in [-0.15, -0.1) is 0 Å². The first kappa shape index (κ1) is 13.3. The molecule has 0 aromatic heterocycles. The van der Waals surface area contributed by atoms with Gasteiger partial charge in [-0.05, 0) is 38.1 Å². The highest BCUT2D eigenvalue weighted by Crippen LogP contribution is 2.18. The number of hydrogen-bond acceptors (Lipinski definition) is 6. The third kappa shape index (κ3) is 3.92. The summed E-state index contributed by atoms with van der Waals surface area (Å²) in [5, 5.41) is 13.6. The molecule has 0 amide bonds. The van der Waals surface area contributed by atoms with E-state index in [4.69, 9.17) is 9.47 Å². The zero-order chi connectivity index (χ0) is 13.7. The fourth-order valence-corrected chi connectivity index (χ4v) is 1.81. The number of carbonyl (C=O) groups is 1. The molecule has 102 valence electrons. The summed E-state index contributed by atoms with van der Waals surface area (Å²) in [6, 6.07) is 5.27. The van der Waals surface area contributed by atoms with E-state index in [0.717, 1.165) is 25.9 Å². The summed E-state index contributed by atoms with van der Waals surface area (Å²) in [6.07, 6.45) is 0.609. The van der Waals surface area contributed by atoms with Crippen molar-refractivity contribution in [3.05, 3.63) is 34.4 Å². The first-order chi connectivity index (χ1) is 9.15. The Bertz CT molecular complexity index is 454. The molecule has 0 spiro atoms. The van der Waals surface area contributed by atoms with Gasteiger partial charge in [0.1, 0.15) is 11.9 Å². The highest BCUT2D eigenvalue weighted by Gasteiger charge is 2.18. The average Bonchev–Trinajstić information content (AvgIpc) is 2.40. The lowest BCUT2D eigenvalue weighted by Gasteiger charge is -2.22. The molecule has 0 radical (unpaired) electrons. The van der Waals surface area contributed by atoms with Gasteiger partial charge in [0.05, 0.1) is 4.92 Å². The minimum atomic E-state index is -0.777. The number of rotatable bonds is 3. The summed E-state index contributed by atoms with van der Waals surface area (Å²) in [5.41, 5.74) is -0.0564. The third-order valence-corrected chi connectivity index (χ3v) is 2.80. The Kier molecular flexibility index (Phi) is 4.30. The Hall–Kier alpha value is -2.15. The van der Waals surface area contributed by atoms with Crippen molar-refractivity contribution >= 4 is 11.8 Å². The molecule has 1 heterocycles. The highest BCUT2D eigenvalue weighted by atomic mass is 16.7. The topological polar surface area (TPSA) is 90.7 Å². The summed E-state index contributed by atoms with van der Waals surface area (Å²) in [5.74, 6) is 0.226. The van der Waals surface area contributed by atoms with Crippen LogP contribution in [-0.2, 0) is 4.74 Å². The van der Waals surface area contributed by atoms with Gasteiger partial charge < -0.3 is 14.8 Å². The molecule has 1 aromatic carbocycles. The molecule has 0 unspecified atom stereocenters. The molecule has 2 rings (SSSR count). The normalized spacial score (nSPS) is 15.8. The Morgan fingerprint density at radius 2 is 1.89 bits per heavy atom. The molecule has 1 aliphatic heterocycles. The van der Waals surface area contributed by atoms with E-state index in [2.05, 4.69) is 5.32 Å². The zero-order valence-corrected chi connectivity index (χ0v) is 10.2. The van der Waals surface area contributed by atoms with Crippen molar-refractivity contribution in [2.75, 3.05) is 13.1 Å². The number of nitro benzene ring substituents is 1. The molecule has 1 aliphatic rings. The minimum absolute atomic E-state index is 0.0564. The zero-order valence-electron chi connectivity index (χ0n) is 10.2. The van der Waals surface area contributed by atoms with Crippen LogP contribution in [0, 0.1) is 10.1 Å². The van der Waals surface area contributed by atoms with Gasteiger partial charge in [-0.2, -0.15) is 0 Å². The third-order valence-electron chi connectivity index (χ3n) is 2.80. The van der Waals surface area contributed by atoms with E-state index in [1.54, 1.807) is 0 Å². The Morgan fingerprint density at radius 3 is 2.47 bits per heavy atom. The molecule has 19 heavy (non-hydrogen) atoms. The second kappa shape index (κ2) is 6.14. The maximum Gasteiger partial charge on any atom is 0.514 e. The van der Waals surface area contributed by atoms with Crippen LogP contribution in [0.15, 0.2) is 24.3 Å². The summed E-state index contributed by atoms with van der Waals surface area (Å²) in [4.78, 5) is 21.4. The van der Waals surface area contributed by atoms with Crippen molar-refractivity contribution in [3.8, 4) is 5.75 Å². The SMILES string of the molecule is O=C(Oc1ccc([N+](=O)[O-])cc1)OC1CCNCC1. The van der Waals surface area contributed by atoms with E-state index in [1.807, 2.05) is 0 Å². The van der Waals surface area contributed by atoms with Gasteiger partial charge in [0.2, 0.25) is 0 Å². The van der Waals surface area contributed by atoms with Crippen LogP contribution in [0.2, 0.25) is 0 Å². The molecule has 0 atom stereocenters. The number of hydrogen-bond donors (Lipinski definition) is 1. The number of benzene rings is 1. The quantitative estimate of drug-likeness (QED) is 0.388. The Labute approximate surface area is 109 Å². The number of piperidine rings is 1. The summed E-state index contributed by atoms with van der Waals surface area (Å²) < 4.78 is 10.1. The number of nitrogens with zero attached hydrogens (tertiary/aromatic N) is 1. The van der Waals surface area contributed by atoms with E-state index in [0.29, 0.717) is 0 Å². The van der Waals surface area contributed by atoms with Crippen LogP contribution < -0.4 is 10.1 Å². The van der Waals surface area contributed by atoms with Gasteiger partial charge in [-0.1, -0.05) is 0 Å². The van der Waals surface area contributed by atoms with E-state index in [9.17, 15) is 14.9 Å². The molecule has 1 aromatic rings. The minimum Gasteiger partial charge on any atom is -0.431 e. The van der Waals surface area contributed by atoms with Crippen molar-refractivity contribution < 1.29 is 19.2 Å². The van der Waals surface area contributed by atoms with Crippen molar-refractivity contribution in [2.45, 2.75) is 18.9 Å². The largest absolute Gasteiger partial charge is 0.514 e. The van der Waals surface area contributed by atoms with Crippen molar-refractivity contribution in [3.63, 3.8) is 0 Å². The first-order valence-electron chi connectivity index (χ1n) is 5.99. The Morgan fingerprint density at radius 1 is 1.26 bits per heavy atom. The molecule has 1 fully saturated rings. The highest BCUT2D eigenvalue weighted by molar-refractivity contribution is 5.64. The van der Waals surface area contributed by atoms with Crippen molar-refractivity contribution in [2.24, 2.45) is 0 Å². The molecule has 1 saturated heterocycles. The van der Waals surface area contributed by atoms with Gasteiger partial charge in [-0.25, -0.2) is 4.79 Å². The molecule has 0 aliphatic carbocycles. The van der Waals surface area contributed by atoms with Crippen molar-refractivity contribution in [1.82, 2.24) is 5.32 Å². The lowest BCUT2D eigenvalue weighted by atomic mass is 10.1. The van der Waals surface area contributed by atoms with Crippen LogP contribution in [-0.4, -0.2) is 30.3 Å². The summed E-state index contributed by atoms with van der Waals surface area (Å²) >= 11 is 0. The smallest absolute Gasteiger partial charge is 0.431 e. The maximum absolute atomic E-state index is 11.5. The summed E-state index contributed by atoms with van der Waals surface area (Å²) in [7, 11) is 0. The molecule has 1 N–H and O–H groups in total. The van der Waals surface area contributed by atoms with Crippen LogP contribution in [0.4, 0.5) is 10.5 Å². The van der Waals surface area contributed by atoms with Gasteiger partial charge in [0.25, 0.3) is 5.69 Å². The summed E-state index contributed by atoms with van der Waals surface area (Å²) in [6.45, 7) is 1.63. The van der Waals surface area contributed by atoms with Gasteiger partial charge in [-0.3, -0.25) is 10.1 Å². The lowest BCUT2D eigenvalue weighted by Crippen LogP contribution is -2.34. The van der Waals surface area contributed by atoms with Crippen LogP contribution in [0.3, 0.4) is 0 Å².